The van der Waals surface area contributed by atoms with Crippen molar-refractivity contribution in [2.45, 2.75) is 33.4 Å². The van der Waals surface area contributed by atoms with Gasteiger partial charge in [0, 0.05) is 25.3 Å². The van der Waals surface area contributed by atoms with Gasteiger partial charge in [0.25, 0.3) is 0 Å². The van der Waals surface area contributed by atoms with Gasteiger partial charge in [0.1, 0.15) is 5.75 Å². The molecule has 1 heterocycles. The number of nitrogens with one attached hydrogen (secondary N) is 1. The molecule has 0 aliphatic carbocycles. The van der Waals surface area contributed by atoms with Crippen LogP contribution in [0.2, 0.25) is 0 Å². The van der Waals surface area contributed by atoms with Gasteiger partial charge in [-0.2, -0.15) is 0 Å². The van der Waals surface area contributed by atoms with Gasteiger partial charge < -0.3 is 15.8 Å². The molecular formula is C23H32N4O. The van der Waals surface area contributed by atoms with Gasteiger partial charge in [-0.25, -0.2) is 4.99 Å². The minimum Gasteiger partial charge on any atom is -0.497 e. The van der Waals surface area contributed by atoms with Crippen molar-refractivity contribution in [2.75, 3.05) is 25.5 Å². The molecule has 2 atom stereocenters. The molecule has 0 saturated carbocycles. The predicted molar refractivity (Wildman–Crippen MR) is 117 cm³/mol. The van der Waals surface area contributed by atoms with E-state index in [1.54, 1.807) is 7.11 Å². The Hall–Kier alpha value is -2.53. The van der Waals surface area contributed by atoms with Crippen molar-refractivity contribution in [3.63, 3.8) is 0 Å². The van der Waals surface area contributed by atoms with Crippen LogP contribution in [0.3, 0.4) is 0 Å². The molecule has 0 aromatic heterocycles. The summed E-state index contributed by atoms with van der Waals surface area (Å²) < 4.78 is 5.17. The Labute approximate surface area is 168 Å². The lowest BCUT2D eigenvalue weighted by Crippen LogP contribution is -2.38. The van der Waals surface area contributed by atoms with Gasteiger partial charge >= 0.3 is 0 Å². The Kier molecular flexibility index (Phi) is 6.93. The Morgan fingerprint density at radius 2 is 1.71 bits per heavy atom. The highest BCUT2D eigenvalue weighted by Gasteiger charge is 2.22. The number of hydrogen-bond acceptors (Lipinski definition) is 3. The first-order valence-corrected chi connectivity index (χ1v) is 10.0. The van der Waals surface area contributed by atoms with Crippen molar-refractivity contribution in [1.82, 2.24) is 4.90 Å². The van der Waals surface area contributed by atoms with Crippen LogP contribution in [0.15, 0.2) is 53.5 Å². The van der Waals surface area contributed by atoms with E-state index >= 15 is 0 Å². The van der Waals surface area contributed by atoms with Crippen LogP contribution in [-0.2, 0) is 13.1 Å². The number of nitrogens with two attached hydrogens (primary N) is 1. The largest absolute Gasteiger partial charge is 0.497 e. The molecule has 0 radical (unpaired) electrons. The van der Waals surface area contributed by atoms with Crippen LogP contribution in [0.4, 0.5) is 5.69 Å². The van der Waals surface area contributed by atoms with E-state index in [-0.39, 0.29) is 0 Å². The molecule has 2 aromatic carbocycles. The quantitative estimate of drug-likeness (QED) is 0.585. The zero-order chi connectivity index (χ0) is 19.9. The summed E-state index contributed by atoms with van der Waals surface area (Å²) in [6.07, 6.45) is 1.33. The van der Waals surface area contributed by atoms with E-state index in [9.17, 15) is 0 Å². The fourth-order valence-electron chi connectivity index (χ4n) is 4.06. The van der Waals surface area contributed by atoms with E-state index in [0.29, 0.717) is 12.5 Å². The van der Waals surface area contributed by atoms with Crippen molar-refractivity contribution < 1.29 is 4.74 Å². The lowest BCUT2D eigenvalue weighted by molar-refractivity contribution is 0.134. The Bertz CT molecular complexity index is 777. The number of ether oxygens (including phenoxy) is 1. The van der Waals surface area contributed by atoms with E-state index in [4.69, 9.17) is 10.5 Å². The highest BCUT2D eigenvalue weighted by Crippen LogP contribution is 2.23. The van der Waals surface area contributed by atoms with Crippen LogP contribution in [0.25, 0.3) is 0 Å². The molecule has 28 heavy (non-hydrogen) atoms. The molecule has 1 fully saturated rings. The van der Waals surface area contributed by atoms with Crippen molar-refractivity contribution in [3.8, 4) is 5.75 Å². The van der Waals surface area contributed by atoms with Crippen molar-refractivity contribution >= 4 is 11.6 Å². The Balaban J connectivity index is 1.62. The van der Waals surface area contributed by atoms with E-state index in [2.05, 4.69) is 53.3 Å². The standard InChI is InChI=1S/C23H32N4O/c1-17-12-18(2)15-27(14-17)16-20-7-5-4-6-19(20)13-25-23(24)26-21-8-10-22(28-3)11-9-21/h4-11,17-18H,12-16H2,1-3H3,(H3,24,25,26). The van der Waals surface area contributed by atoms with Crippen LogP contribution >= 0.6 is 0 Å². The van der Waals surface area contributed by atoms with Crippen molar-refractivity contribution in [1.29, 1.82) is 0 Å². The molecule has 0 bridgehead atoms. The summed E-state index contributed by atoms with van der Waals surface area (Å²) in [7, 11) is 1.65. The van der Waals surface area contributed by atoms with Gasteiger partial charge in [0.2, 0.25) is 0 Å². The average Bonchev–Trinajstić information content (AvgIpc) is 2.67. The van der Waals surface area contributed by atoms with Gasteiger partial charge in [0.15, 0.2) is 5.96 Å². The molecule has 3 rings (SSSR count). The summed E-state index contributed by atoms with van der Waals surface area (Å²) in [6, 6.07) is 16.2. The first-order valence-electron chi connectivity index (χ1n) is 10.0. The molecule has 0 amide bonds. The summed E-state index contributed by atoms with van der Waals surface area (Å²) in [5.74, 6) is 2.76. The number of nitrogens with zero attached hydrogens (tertiary/aromatic N) is 2. The molecule has 2 aromatic rings. The number of likely N-dealkylation sites (tertiary alicyclic amines) is 1. The number of hydrogen-bond donors (Lipinski definition) is 2. The molecule has 1 saturated heterocycles. The monoisotopic (exact) mass is 380 g/mol. The van der Waals surface area contributed by atoms with Gasteiger partial charge in [-0.1, -0.05) is 38.1 Å². The molecular weight excluding hydrogens is 348 g/mol. The second kappa shape index (κ2) is 9.60. The van der Waals surface area contributed by atoms with Crippen molar-refractivity contribution in [3.05, 3.63) is 59.7 Å². The third-order valence-electron chi connectivity index (χ3n) is 5.24. The summed E-state index contributed by atoms with van der Waals surface area (Å²) >= 11 is 0. The molecule has 5 nitrogen and oxygen atoms in total. The van der Waals surface area contributed by atoms with Crippen LogP contribution in [-0.4, -0.2) is 31.1 Å². The number of guanidine groups is 1. The first-order chi connectivity index (χ1) is 13.5. The minimum absolute atomic E-state index is 0.417. The minimum atomic E-state index is 0.417. The summed E-state index contributed by atoms with van der Waals surface area (Å²) in [5.41, 5.74) is 9.55. The van der Waals surface area contributed by atoms with Gasteiger partial charge in [0.05, 0.1) is 13.7 Å². The van der Waals surface area contributed by atoms with E-state index in [1.807, 2.05) is 24.3 Å². The third-order valence-corrected chi connectivity index (χ3v) is 5.24. The van der Waals surface area contributed by atoms with E-state index in [1.165, 1.54) is 30.6 Å². The van der Waals surface area contributed by atoms with Gasteiger partial charge in [-0.15, -0.1) is 0 Å². The van der Waals surface area contributed by atoms with Crippen LogP contribution < -0.4 is 15.8 Å². The normalized spacial score (nSPS) is 20.8. The number of rotatable bonds is 6. The second-order valence-electron chi connectivity index (χ2n) is 7.96. The molecule has 1 aliphatic rings. The maximum atomic E-state index is 6.09. The van der Waals surface area contributed by atoms with Crippen LogP contribution in [0, 0.1) is 11.8 Å². The molecule has 150 valence electrons. The van der Waals surface area contributed by atoms with Crippen LogP contribution in [0.1, 0.15) is 31.4 Å². The number of benzene rings is 2. The Morgan fingerprint density at radius 1 is 1.07 bits per heavy atom. The van der Waals surface area contributed by atoms with Gasteiger partial charge in [-0.3, -0.25) is 4.90 Å². The number of piperidine rings is 1. The van der Waals surface area contributed by atoms with E-state index < -0.39 is 0 Å². The number of methoxy groups -OCH3 is 1. The zero-order valence-electron chi connectivity index (χ0n) is 17.2. The maximum absolute atomic E-state index is 6.09. The SMILES string of the molecule is COc1ccc(NC(N)=NCc2ccccc2CN2CC(C)CC(C)C2)cc1. The molecule has 3 N–H and O–H groups in total. The molecule has 2 unspecified atom stereocenters. The number of aliphatic imine (C=N–C) groups is 1. The lowest BCUT2D eigenvalue weighted by atomic mass is 9.91. The van der Waals surface area contributed by atoms with E-state index in [0.717, 1.165) is 29.8 Å². The fraction of sp³-hybridized carbons (Fsp3) is 0.435. The van der Waals surface area contributed by atoms with Crippen LogP contribution in [0.5, 0.6) is 5.75 Å². The zero-order valence-corrected chi connectivity index (χ0v) is 17.2. The average molecular weight is 381 g/mol. The van der Waals surface area contributed by atoms with Crippen molar-refractivity contribution in [2.24, 2.45) is 22.6 Å². The van der Waals surface area contributed by atoms with Gasteiger partial charge in [-0.05, 0) is 53.6 Å². The second-order valence-corrected chi connectivity index (χ2v) is 7.96. The third kappa shape index (κ3) is 5.73. The maximum Gasteiger partial charge on any atom is 0.193 e. The summed E-state index contributed by atoms with van der Waals surface area (Å²) in [5, 5.41) is 3.14. The molecule has 0 spiro atoms. The summed E-state index contributed by atoms with van der Waals surface area (Å²) in [6.45, 7) is 8.59. The lowest BCUT2D eigenvalue weighted by Gasteiger charge is -2.35. The smallest absolute Gasteiger partial charge is 0.193 e. The fourth-order valence-corrected chi connectivity index (χ4v) is 4.06. The highest BCUT2D eigenvalue weighted by atomic mass is 16.5. The Morgan fingerprint density at radius 3 is 2.36 bits per heavy atom. The predicted octanol–water partition coefficient (Wildman–Crippen LogP) is 4.10. The molecule has 5 heteroatoms. The highest BCUT2D eigenvalue weighted by molar-refractivity contribution is 5.92. The molecule has 1 aliphatic heterocycles. The summed E-state index contributed by atoms with van der Waals surface area (Å²) in [4.78, 5) is 7.12. The topological polar surface area (TPSA) is 62.9 Å². The number of anilines is 1. The first kappa shape index (κ1) is 20.2.